The van der Waals surface area contributed by atoms with Gasteiger partial charge < -0.3 is 9.47 Å². The van der Waals surface area contributed by atoms with Crippen LogP contribution in [-0.2, 0) is 15.9 Å². The quantitative estimate of drug-likeness (QED) is 0.506. The van der Waals surface area contributed by atoms with Gasteiger partial charge in [0.05, 0.1) is 24.8 Å². The molecule has 1 aromatic rings. The third kappa shape index (κ3) is 3.95. The summed E-state index contributed by atoms with van der Waals surface area (Å²) in [6.07, 6.45) is 1.51. The van der Waals surface area contributed by atoms with Gasteiger partial charge >= 0.3 is 0 Å². The molecule has 0 amide bonds. The summed E-state index contributed by atoms with van der Waals surface area (Å²) in [7, 11) is 1.64. The smallest absolute Gasteiger partial charge is 0.169 e. The van der Waals surface area contributed by atoms with Crippen molar-refractivity contribution in [3.63, 3.8) is 0 Å². The first-order chi connectivity index (χ1) is 6.86. The van der Waals surface area contributed by atoms with Gasteiger partial charge in [-0.1, -0.05) is 0 Å². The summed E-state index contributed by atoms with van der Waals surface area (Å²) >= 11 is 1.48. The van der Waals surface area contributed by atoms with Crippen LogP contribution in [0.15, 0.2) is 5.38 Å². The van der Waals surface area contributed by atoms with Crippen molar-refractivity contribution >= 4 is 17.6 Å². The van der Waals surface area contributed by atoms with E-state index in [4.69, 9.17) is 9.47 Å². The van der Waals surface area contributed by atoms with E-state index >= 15 is 0 Å². The van der Waals surface area contributed by atoms with Crippen molar-refractivity contribution in [3.8, 4) is 0 Å². The highest BCUT2D eigenvalue weighted by Crippen LogP contribution is 2.08. The summed E-state index contributed by atoms with van der Waals surface area (Å²) in [5, 5.41) is 2.68. The molecular weight excluding hydrogens is 202 g/mol. The van der Waals surface area contributed by atoms with Crippen LogP contribution >= 0.6 is 11.3 Å². The standard InChI is InChI=1S/C9H13NO3S/c1-12-4-5-13-3-2-9-10-8(6-11)7-14-9/h6-7H,2-5H2,1H3. The second kappa shape index (κ2) is 6.64. The molecule has 1 heterocycles. The lowest BCUT2D eigenvalue weighted by atomic mass is 10.4. The third-order valence-electron chi connectivity index (χ3n) is 1.58. The van der Waals surface area contributed by atoms with Crippen molar-refractivity contribution in [2.24, 2.45) is 0 Å². The molecule has 0 aliphatic carbocycles. The molecular formula is C9H13NO3S. The molecule has 14 heavy (non-hydrogen) atoms. The molecule has 0 aliphatic rings. The fourth-order valence-corrected chi connectivity index (χ4v) is 1.62. The Kier molecular flexibility index (Phi) is 5.36. The maximum atomic E-state index is 10.3. The number of nitrogens with zero attached hydrogens (tertiary/aromatic N) is 1. The molecule has 78 valence electrons. The Labute approximate surface area is 86.9 Å². The Balaban J connectivity index is 2.14. The largest absolute Gasteiger partial charge is 0.382 e. The number of methoxy groups -OCH3 is 1. The van der Waals surface area contributed by atoms with Crippen molar-refractivity contribution in [2.45, 2.75) is 6.42 Å². The van der Waals surface area contributed by atoms with Gasteiger partial charge in [0.2, 0.25) is 0 Å². The first-order valence-corrected chi connectivity index (χ1v) is 5.21. The number of hydrogen-bond acceptors (Lipinski definition) is 5. The first kappa shape index (κ1) is 11.3. The predicted octanol–water partition coefficient (Wildman–Crippen LogP) is 1.16. The Morgan fingerprint density at radius 3 is 3.00 bits per heavy atom. The van der Waals surface area contributed by atoms with Gasteiger partial charge in [0.1, 0.15) is 5.69 Å². The molecule has 0 aromatic carbocycles. The summed E-state index contributed by atoms with van der Waals surface area (Å²) < 4.78 is 10.1. The molecule has 0 radical (unpaired) electrons. The Hall–Kier alpha value is -0.780. The lowest BCUT2D eigenvalue weighted by Gasteiger charge is -2.00. The summed E-state index contributed by atoms with van der Waals surface area (Å²) in [6.45, 7) is 1.83. The molecule has 4 nitrogen and oxygen atoms in total. The van der Waals surface area contributed by atoms with Crippen LogP contribution in [0.2, 0.25) is 0 Å². The molecule has 0 aliphatic heterocycles. The van der Waals surface area contributed by atoms with Crippen molar-refractivity contribution < 1.29 is 14.3 Å². The molecule has 1 rings (SSSR count). The monoisotopic (exact) mass is 215 g/mol. The van der Waals surface area contributed by atoms with Crippen LogP contribution in [0.5, 0.6) is 0 Å². The summed E-state index contributed by atoms with van der Waals surface area (Å²) in [5.74, 6) is 0. The topological polar surface area (TPSA) is 48.4 Å². The highest BCUT2D eigenvalue weighted by atomic mass is 32.1. The van der Waals surface area contributed by atoms with Crippen molar-refractivity contribution in [2.75, 3.05) is 26.9 Å². The predicted molar refractivity (Wildman–Crippen MR) is 53.9 cm³/mol. The zero-order valence-electron chi connectivity index (χ0n) is 8.06. The summed E-state index contributed by atoms with van der Waals surface area (Å²) in [6, 6.07) is 0. The molecule has 0 saturated heterocycles. The third-order valence-corrected chi connectivity index (χ3v) is 2.51. The van der Waals surface area contributed by atoms with E-state index in [-0.39, 0.29) is 0 Å². The van der Waals surface area contributed by atoms with Gasteiger partial charge in [-0.25, -0.2) is 4.98 Å². The van der Waals surface area contributed by atoms with Gasteiger partial charge in [-0.3, -0.25) is 4.79 Å². The maximum Gasteiger partial charge on any atom is 0.169 e. The number of hydrogen-bond donors (Lipinski definition) is 0. The van der Waals surface area contributed by atoms with E-state index < -0.39 is 0 Å². The van der Waals surface area contributed by atoms with Gasteiger partial charge in [-0.2, -0.15) is 0 Å². The van der Waals surface area contributed by atoms with Crippen molar-refractivity contribution in [3.05, 3.63) is 16.1 Å². The molecule has 0 atom stereocenters. The van der Waals surface area contributed by atoms with Gasteiger partial charge in [0, 0.05) is 18.9 Å². The maximum absolute atomic E-state index is 10.3. The lowest BCUT2D eigenvalue weighted by Crippen LogP contribution is -2.04. The highest BCUT2D eigenvalue weighted by molar-refractivity contribution is 7.09. The molecule has 0 fully saturated rings. The Morgan fingerprint density at radius 2 is 2.36 bits per heavy atom. The van der Waals surface area contributed by atoms with E-state index in [1.165, 1.54) is 11.3 Å². The minimum atomic E-state index is 0.502. The van der Waals surface area contributed by atoms with Crippen LogP contribution in [0.4, 0.5) is 0 Å². The van der Waals surface area contributed by atoms with E-state index in [1.807, 2.05) is 0 Å². The van der Waals surface area contributed by atoms with E-state index in [9.17, 15) is 4.79 Å². The lowest BCUT2D eigenvalue weighted by molar-refractivity contribution is 0.0722. The van der Waals surface area contributed by atoms with Crippen LogP contribution in [0, 0.1) is 0 Å². The number of carbonyl (C=O) groups is 1. The average molecular weight is 215 g/mol. The Morgan fingerprint density at radius 1 is 1.50 bits per heavy atom. The van der Waals surface area contributed by atoms with Gasteiger partial charge in [-0.05, 0) is 0 Å². The minimum Gasteiger partial charge on any atom is -0.382 e. The van der Waals surface area contributed by atoms with Crippen molar-refractivity contribution in [1.82, 2.24) is 4.98 Å². The number of ether oxygens (including phenoxy) is 2. The normalized spacial score (nSPS) is 10.4. The number of rotatable bonds is 7. The zero-order valence-corrected chi connectivity index (χ0v) is 8.88. The van der Waals surface area contributed by atoms with E-state index in [0.717, 1.165) is 17.7 Å². The number of aldehydes is 1. The Bertz CT molecular complexity index is 275. The molecule has 0 N–H and O–H groups in total. The van der Waals surface area contributed by atoms with Crippen LogP contribution in [0.25, 0.3) is 0 Å². The second-order valence-electron chi connectivity index (χ2n) is 2.64. The SMILES string of the molecule is COCCOCCc1nc(C=O)cs1. The van der Waals surface area contributed by atoms with E-state index in [0.29, 0.717) is 25.5 Å². The molecule has 0 spiro atoms. The zero-order chi connectivity index (χ0) is 10.2. The first-order valence-electron chi connectivity index (χ1n) is 4.33. The molecule has 0 saturated carbocycles. The van der Waals surface area contributed by atoms with Crippen LogP contribution in [0.1, 0.15) is 15.5 Å². The minimum absolute atomic E-state index is 0.502. The van der Waals surface area contributed by atoms with Crippen LogP contribution in [0.3, 0.4) is 0 Å². The van der Waals surface area contributed by atoms with Gasteiger partial charge in [-0.15, -0.1) is 11.3 Å². The molecule has 0 unspecified atom stereocenters. The molecule has 0 bridgehead atoms. The van der Waals surface area contributed by atoms with E-state index in [2.05, 4.69) is 4.98 Å². The van der Waals surface area contributed by atoms with E-state index in [1.54, 1.807) is 12.5 Å². The number of carbonyl (C=O) groups excluding carboxylic acids is 1. The summed E-state index contributed by atoms with van der Waals surface area (Å²) in [5.41, 5.74) is 0.502. The molecule has 5 heteroatoms. The highest BCUT2D eigenvalue weighted by Gasteiger charge is 2.00. The fraction of sp³-hybridized carbons (Fsp3) is 0.556. The fourth-order valence-electron chi connectivity index (χ4n) is 0.898. The second-order valence-corrected chi connectivity index (χ2v) is 3.58. The average Bonchev–Trinajstić information content (AvgIpc) is 2.65. The van der Waals surface area contributed by atoms with Crippen molar-refractivity contribution in [1.29, 1.82) is 0 Å². The van der Waals surface area contributed by atoms with Crippen LogP contribution < -0.4 is 0 Å². The van der Waals surface area contributed by atoms with Gasteiger partial charge in [0.25, 0.3) is 0 Å². The summed E-state index contributed by atoms with van der Waals surface area (Å²) in [4.78, 5) is 14.4. The van der Waals surface area contributed by atoms with Gasteiger partial charge in [0.15, 0.2) is 6.29 Å². The number of aromatic nitrogens is 1. The number of thiazole rings is 1. The van der Waals surface area contributed by atoms with Crippen LogP contribution in [-0.4, -0.2) is 38.2 Å². The molecule has 1 aromatic heterocycles.